The lowest BCUT2D eigenvalue weighted by molar-refractivity contribution is -0.141. The molecule has 2 heterocycles. The van der Waals surface area contributed by atoms with Crippen LogP contribution in [0.2, 0.25) is 0 Å². The number of unbranched alkanes of at least 4 members (excludes halogenated alkanes) is 3. The molecule has 0 bridgehead atoms. The highest BCUT2D eigenvalue weighted by molar-refractivity contribution is 6.09. The monoisotopic (exact) mass is 432 g/mol. The summed E-state index contributed by atoms with van der Waals surface area (Å²) in [6.45, 7) is 2.72. The molecule has 0 aromatic heterocycles. The van der Waals surface area contributed by atoms with Crippen molar-refractivity contribution in [1.29, 1.82) is 0 Å². The van der Waals surface area contributed by atoms with E-state index in [0.717, 1.165) is 31.2 Å². The van der Waals surface area contributed by atoms with Gasteiger partial charge in [0.2, 0.25) is 17.8 Å². The molecule has 3 N–H and O–H groups in total. The fraction of sp³-hybridized carbons (Fsp3) is 0.524. The molecule has 2 aliphatic rings. The second-order valence-electron chi connectivity index (χ2n) is 7.44. The van der Waals surface area contributed by atoms with Crippen molar-refractivity contribution < 1.29 is 28.6 Å². The minimum atomic E-state index is -0.689. The largest absolute Gasteiger partial charge is 0.492 e. The third-order valence-corrected chi connectivity index (χ3v) is 5.14. The standard InChI is InChI=1S/C21H28N4O6/c1-13(26)30-9-5-3-4-6-10-31-17-8-7-15-14(19(17)29-2)12-25-16(11-18(22)27)20(28)24-21(25)23-15/h7-8,16H,3-6,9-12H2,1-2H3,(H2,22,27)(H,23,24,28). The maximum absolute atomic E-state index is 12.2. The van der Waals surface area contributed by atoms with Gasteiger partial charge in [0, 0.05) is 12.5 Å². The van der Waals surface area contributed by atoms with Gasteiger partial charge < -0.3 is 24.8 Å². The summed E-state index contributed by atoms with van der Waals surface area (Å²) in [7, 11) is 1.56. The molecule has 168 valence electrons. The Morgan fingerprint density at radius 1 is 1.23 bits per heavy atom. The molecule has 31 heavy (non-hydrogen) atoms. The predicted molar refractivity (Wildman–Crippen MR) is 112 cm³/mol. The Balaban J connectivity index is 1.60. The van der Waals surface area contributed by atoms with E-state index in [-0.39, 0.29) is 18.3 Å². The van der Waals surface area contributed by atoms with Crippen LogP contribution in [-0.2, 0) is 25.7 Å². The van der Waals surface area contributed by atoms with Gasteiger partial charge in [0.25, 0.3) is 0 Å². The Hall–Kier alpha value is -3.30. The molecular weight excluding hydrogens is 404 g/mol. The molecule has 1 aromatic rings. The molecule has 2 aliphatic heterocycles. The molecule has 0 aliphatic carbocycles. The van der Waals surface area contributed by atoms with E-state index in [2.05, 4.69) is 10.3 Å². The number of fused-ring (bicyclic) bond motifs is 2. The Morgan fingerprint density at radius 3 is 2.65 bits per heavy atom. The van der Waals surface area contributed by atoms with Crippen LogP contribution in [0.1, 0.15) is 44.6 Å². The van der Waals surface area contributed by atoms with Crippen LogP contribution in [0.5, 0.6) is 11.5 Å². The molecule has 3 rings (SSSR count). The molecule has 0 radical (unpaired) electrons. The minimum Gasteiger partial charge on any atom is -0.492 e. The number of carbonyl (C=O) groups is 3. The van der Waals surface area contributed by atoms with Crippen LogP contribution in [0, 0.1) is 0 Å². The molecule has 10 nitrogen and oxygen atoms in total. The fourth-order valence-corrected chi connectivity index (χ4v) is 3.66. The summed E-state index contributed by atoms with van der Waals surface area (Å²) in [5.41, 5.74) is 6.77. The number of primary amides is 1. The third kappa shape index (κ3) is 5.44. The lowest BCUT2D eigenvalue weighted by atomic mass is 10.1. The first-order chi connectivity index (χ1) is 14.9. The first-order valence-corrected chi connectivity index (χ1v) is 10.3. The number of carbonyl (C=O) groups excluding carboxylic acids is 3. The Bertz CT molecular complexity index is 885. The van der Waals surface area contributed by atoms with Gasteiger partial charge in [-0.1, -0.05) is 0 Å². The summed E-state index contributed by atoms with van der Waals surface area (Å²) in [6.07, 6.45) is 3.51. The predicted octanol–water partition coefficient (Wildman–Crippen LogP) is 1.37. The summed E-state index contributed by atoms with van der Waals surface area (Å²) < 4.78 is 16.4. The smallest absolute Gasteiger partial charge is 0.302 e. The lowest BCUT2D eigenvalue weighted by Crippen LogP contribution is -2.39. The number of guanidine groups is 1. The number of hydrogen-bond donors (Lipinski definition) is 2. The number of nitrogens with zero attached hydrogens (tertiary/aromatic N) is 2. The van der Waals surface area contributed by atoms with Gasteiger partial charge in [-0.25, -0.2) is 4.99 Å². The number of esters is 1. The van der Waals surface area contributed by atoms with E-state index in [4.69, 9.17) is 19.9 Å². The Kier molecular flexibility index (Phi) is 7.32. The van der Waals surface area contributed by atoms with Crippen molar-refractivity contribution in [1.82, 2.24) is 10.2 Å². The maximum atomic E-state index is 12.2. The van der Waals surface area contributed by atoms with Crippen molar-refractivity contribution in [2.24, 2.45) is 10.7 Å². The number of nitrogens with two attached hydrogens (primary N) is 1. The van der Waals surface area contributed by atoms with E-state index < -0.39 is 11.9 Å². The average Bonchev–Trinajstić information content (AvgIpc) is 3.01. The number of ether oxygens (including phenoxy) is 3. The molecule has 1 atom stereocenters. The highest BCUT2D eigenvalue weighted by Gasteiger charge is 2.40. The highest BCUT2D eigenvalue weighted by atomic mass is 16.5. The number of aliphatic imine (C=N–C) groups is 1. The second kappa shape index (κ2) is 10.1. The SMILES string of the molecule is COc1c(OCCCCCCOC(C)=O)ccc2c1CN1C(=N2)NC(=O)C1CC(N)=O. The topological polar surface area (TPSA) is 133 Å². The molecule has 1 fully saturated rings. The Labute approximate surface area is 180 Å². The maximum Gasteiger partial charge on any atom is 0.302 e. The van der Waals surface area contributed by atoms with Crippen molar-refractivity contribution in [3.05, 3.63) is 17.7 Å². The lowest BCUT2D eigenvalue weighted by Gasteiger charge is -2.29. The van der Waals surface area contributed by atoms with Crippen LogP contribution in [0.15, 0.2) is 17.1 Å². The second-order valence-corrected chi connectivity index (χ2v) is 7.44. The molecule has 1 unspecified atom stereocenters. The summed E-state index contributed by atoms with van der Waals surface area (Å²) in [4.78, 5) is 40.6. The van der Waals surface area contributed by atoms with E-state index in [9.17, 15) is 14.4 Å². The molecule has 10 heteroatoms. The molecule has 0 spiro atoms. The first-order valence-electron chi connectivity index (χ1n) is 10.3. The Morgan fingerprint density at radius 2 is 1.97 bits per heavy atom. The summed E-state index contributed by atoms with van der Waals surface area (Å²) >= 11 is 0. The van der Waals surface area contributed by atoms with Crippen molar-refractivity contribution in [2.75, 3.05) is 20.3 Å². The van der Waals surface area contributed by atoms with Crippen molar-refractivity contribution in [3.63, 3.8) is 0 Å². The van der Waals surface area contributed by atoms with Gasteiger partial charge in [0.05, 0.1) is 39.0 Å². The van der Waals surface area contributed by atoms with Gasteiger partial charge in [-0.05, 0) is 37.8 Å². The summed E-state index contributed by atoms with van der Waals surface area (Å²) in [5, 5.41) is 2.70. The van der Waals surface area contributed by atoms with E-state index in [1.807, 2.05) is 6.07 Å². The van der Waals surface area contributed by atoms with Crippen LogP contribution in [0.4, 0.5) is 5.69 Å². The highest BCUT2D eigenvalue weighted by Crippen LogP contribution is 2.41. The number of amides is 2. The van der Waals surface area contributed by atoms with Gasteiger partial charge in [-0.15, -0.1) is 0 Å². The summed E-state index contributed by atoms with van der Waals surface area (Å²) in [5.74, 6) is 0.471. The number of rotatable bonds is 11. The molecule has 1 aromatic carbocycles. The van der Waals surface area contributed by atoms with E-state index in [0.29, 0.717) is 42.9 Å². The van der Waals surface area contributed by atoms with Crippen LogP contribution >= 0.6 is 0 Å². The van der Waals surface area contributed by atoms with Crippen LogP contribution in [-0.4, -0.2) is 55.0 Å². The molecular formula is C21H28N4O6. The van der Waals surface area contributed by atoms with E-state index >= 15 is 0 Å². The number of nitrogens with one attached hydrogen (secondary N) is 1. The zero-order chi connectivity index (χ0) is 22.4. The van der Waals surface area contributed by atoms with Crippen molar-refractivity contribution in [2.45, 2.75) is 51.6 Å². The van der Waals surface area contributed by atoms with E-state index in [1.54, 1.807) is 18.1 Å². The van der Waals surface area contributed by atoms with Gasteiger partial charge >= 0.3 is 5.97 Å². The fourth-order valence-electron chi connectivity index (χ4n) is 3.66. The van der Waals surface area contributed by atoms with Crippen LogP contribution in [0.25, 0.3) is 0 Å². The first kappa shape index (κ1) is 22.4. The quantitative estimate of drug-likeness (QED) is 0.399. The molecule has 2 amide bonds. The zero-order valence-electron chi connectivity index (χ0n) is 17.8. The van der Waals surface area contributed by atoms with Gasteiger partial charge in [0.1, 0.15) is 6.04 Å². The van der Waals surface area contributed by atoms with Gasteiger partial charge in [-0.2, -0.15) is 0 Å². The normalized spacial score (nSPS) is 16.7. The van der Waals surface area contributed by atoms with Crippen molar-refractivity contribution in [3.8, 4) is 11.5 Å². The number of benzene rings is 1. The third-order valence-electron chi connectivity index (χ3n) is 5.14. The van der Waals surface area contributed by atoms with Crippen LogP contribution in [0.3, 0.4) is 0 Å². The summed E-state index contributed by atoms with van der Waals surface area (Å²) in [6, 6.07) is 2.94. The average molecular weight is 432 g/mol. The number of methoxy groups -OCH3 is 1. The van der Waals surface area contributed by atoms with E-state index in [1.165, 1.54) is 6.92 Å². The molecule has 0 saturated carbocycles. The minimum absolute atomic E-state index is 0.0872. The molecule has 1 saturated heterocycles. The van der Waals surface area contributed by atoms with Crippen LogP contribution < -0.4 is 20.5 Å². The van der Waals surface area contributed by atoms with Gasteiger partial charge in [-0.3, -0.25) is 19.7 Å². The van der Waals surface area contributed by atoms with Crippen molar-refractivity contribution >= 4 is 29.4 Å². The zero-order valence-corrected chi connectivity index (χ0v) is 17.8. The van der Waals surface area contributed by atoms with Gasteiger partial charge in [0.15, 0.2) is 11.5 Å². The number of hydrogen-bond acceptors (Lipinski definition) is 8.